The molecule has 1 atom stereocenters. The number of carbonyl (C=O) groups excluding carboxylic acids is 1. The number of nitrogens with zero attached hydrogens (tertiary/aromatic N) is 2. The Bertz CT molecular complexity index is 496. The summed E-state index contributed by atoms with van der Waals surface area (Å²) >= 11 is 0. The number of aliphatic hydroxyl groups is 1. The van der Waals surface area contributed by atoms with Crippen LogP contribution in [0.2, 0.25) is 0 Å². The molecule has 1 aliphatic rings. The minimum absolute atomic E-state index is 0.233. The maximum Gasteiger partial charge on any atom is 0.222 e. The summed E-state index contributed by atoms with van der Waals surface area (Å²) < 4.78 is 0. The van der Waals surface area contributed by atoms with Crippen molar-refractivity contribution in [3.8, 4) is 0 Å². The van der Waals surface area contributed by atoms with Crippen molar-refractivity contribution in [1.82, 2.24) is 9.80 Å². The summed E-state index contributed by atoms with van der Waals surface area (Å²) in [7, 11) is 0. The van der Waals surface area contributed by atoms with E-state index in [4.69, 9.17) is 0 Å². The topological polar surface area (TPSA) is 43.8 Å². The van der Waals surface area contributed by atoms with Crippen LogP contribution >= 0.6 is 0 Å². The Morgan fingerprint density at radius 1 is 1.14 bits per heavy atom. The second-order valence-corrected chi connectivity index (χ2v) is 6.33. The van der Waals surface area contributed by atoms with Crippen LogP contribution in [0.1, 0.15) is 42.6 Å². The van der Waals surface area contributed by atoms with Crippen LogP contribution in [0, 0.1) is 13.8 Å². The van der Waals surface area contributed by atoms with Crippen molar-refractivity contribution in [2.45, 2.75) is 39.7 Å². The molecule has 0 aromatic heterocycles. The number of carbonyl (C=O) groups is 1. The fourth-order valence-electron chi connectivity index (χ4n) is 3.18. The predicted molar refractivity (Wildman–Crippen MR) is 88.8 cm³/mol. The molecule has 1 unspecified atom stereocenters. The SMILES string of the molecule is CCC(=O)N1CCCN(CC(O)c2cc(C)cc(C)c2)CC1. The Kier molecular flexibility index (Phi) is 5.98. The molecular formula is C18H28N2O2. The van der Waals surface area contributed by atoms with Gasteiger partial charge >= 0.3 is 0 Å². The van der Waals surface area contributed by atoms with Gasteiger partial charge < -0.3 is 10.0 Å². The third-order valence-electron chi connectivity index (χ3n) is 4.30. The standard InChI is InChI=1S/C18H28N2O2/c1-4-18(22)20-7-5-6-19(8-9-20)13-17(21)16-11-14(2)10-15(3)12-16/h10-12,17,21H,4-9,13H2,1-3H3. The van der Waals surface area contributed by atoms with Crippen molar-refractivity contribution >= 4 is 5.91 Å². The van der Waals surface area contributed by atoms with E-state index in [0.717, 1.165) is 38.2 Å². The molecule has 0 saturated carbocycles. The quantitative estimate of drug-likeness (QED) is 0.928. The fourth-order valence-corrected chi connectivity index (χ4v) is 3.18. The Labute approximate surface area is 133 Å². The van der Waals surface area contributed by atoms with Crippen LogP contribution in [-0.4, -0.2) is 53.5 Å². The van der Waals surface area contributed by atoms with Gasteiger partial charge in [0.1, 0.15) is 0 Å². The van der Waals surface area contributed by atoms with E-state index in [-0.39, 0.29) is 5.91 Å². The van der Waals surface area contributed by atoms with E-state index in [1.54, 1.807) is 0 Å². The molecule has 4 heteroatoms. The smallest absolute Gasteiger partial charge is 0.222 e. The highest BCUT2D eigenvalue weighted by Gasteiger charge is 2.20. The van der Waals surface area contributed by atoms with Crippen molar-refractivity contribution in [3.63, 3.8) is 0 Å². The monoisotopic (exact) mass is 304 g/mol. The van der Waals surface area contributed by atoms with E-state index >= 15 is 0 Å². The van der Waals surface area contributed by atoms with Crippen LogP contribution < -0.4 is 0 Å². The molecule has 1 aromatic rings. The van der Waals surface area contributed by atoms with Gasteiger partial charge in [-0.15, -0.1) is 0 Å². The maximum absolute atomic E-state index is 11.8. The normalized spacial score (nSPS) is 18.1. The van der Waals surface area contributed by atoms with Gasteiger partial charge in [-0.2, -0.15) is 0 Å². The zero-order valence-corrected chi connectivity index (χ0v) is 14.0. The molecule has 0 spiro atoms. The van der Waals surface area contributed by atoms with Crippen molar-refractivity contribution in [3.05, 3.63) is 34.9 Å². The van der Waals surface area contributed by atoms with E-state index in [0.29, 0.717) is 13.0 Å². The Balaban J connectivity index is 1.94. The number of benzene rings is 1. The van der Waals surface area contributed by atoms with Gasteiger partial charge in [-0.1, -0.05) is 36.2 Å². The first kappa shape index (κ1) is 17.0. The number of aryl methyl sites for hydroxylation is 2. The molecule has 0 aliphatic carbocycles. The van der Waals surface area contributed by atoms with Gasteiger partial charge in [0.2, 0.25) is 5.91 Å². The van der Waals surface area contributed by atoms with Crippen LogP contribution in [0.4, 0.5) is 0 Å². The van der Waals surface area contributed by atoms with Gasteiger partial charge in [-0.3, -0.25) is 9.69 Å². The van der Waals surface area contributed by atoms with Gasteiger partial charge in [0.15, 0.2) is 0 Å². The lowest BCUT2D eigenvalue weighted by Gasteiger charge is -2.24. The molecule has 22 heavy (non-hydrogen) atoms. The van der Waals surface area contributed by atoms with E-state index in [1.165, 1.54) is 11.1 Å². The van der Waals surface area contributed by atoms with Crippen LogP contribution in [0.3, 0.4) is 0 Å². The molecule has 0 radical (unpaired) electrons. The number of β-amino-alcohol motifs (C(OH)–C–C–N with tert-alkyl or cyclic N) is 1. The van der Waals surface area contributed by atoms with Gasteiger partial charge in [0.05, 0.1) is 6.10 Å². The lowest BCUT2D eigenvalue weighted by molar-refractivity contribution is -0.130. The Morgan fingerprint density at radius 2 is 1.82 bits per heavy atom. The Morgan fingerprint density at radius 3 is 2.45 bits per heavy atom. The number of hydrogen-bond donors (Lipinski definition) is 1. The summed E-state index contributed by atoms with van der Waals surface area (Å²) in [6.45, 7) is 10.1. The molecule has 1 aliphatic heterocycles. The van der Waals surface area contributed by atoms with Gasteiger partial charge in [0.25, 0.3) is 0 Å². The highest BCUT2D eigenvalue weighted by atomic mass is 16.3. The fraction of sp³-hybridized carbons (Fsp3) is 0.611. The van der Waals surface area contributed by atoms with Gasteiger partial charge in [-0.05, 0) is 25.8 Å². The molecule has 1 saturated heterocycles. The molecule has 1 N–H and O–H groups in total. The van der Waals surface area contributed by atoms with Crippen LogP contribution in [0.5, 0.6) is 0 Å². The zero-order chi connectivity index (χ0) is 16.1. The third-order valence-corrected chi connectivity index (χ3v) is 4.30. The molecule has 1 heterocycles. The molecule has 1 amide bonds. The first-order chi connectivity index (χ1) is 10.5. The highest BCUT2D eigenvalue weighted by molar-refractivity contribution is 5.75. The molecule has 1 aromatic carbocycles. The van der Waals surface area contributed by atoms with E-state index < -0.39 is 6.10 Å². The average Bonchev–Trinajstić information content (AvgIpc) is 2.71. The van der Waals surface area contributed by atoms with Crippen molar-refractivity contribution < 1.29 is 9.90 Å². The summed E-state index contributed by atoms with van der Waals surface area (Å²) in [6.07, 6.45) is 1.09. The Hall–Kier alpha value is -1.39. The summed E-state index contributed by atoms with van der Waals surface area (Å²) in [5, 5.41) is 10.5. The first-order valence-corrected chi connectivity index (χ1v) is 8.26. The van der Waals surface area contributed by atoms with Crippen LogP contribution in [0.15, 0.2) is 18.2 Å². The van der Waals surface area contributed by atoms with Crippen LogP contribution in [0.25, 0.3) is 0 Å². The number of hydrogen-bond acceptors (Lipinski definition) is 3. The van der Waals surface area contributed by atoms with Crippen molar-refractivity contribution in [2.75, 3.05) is 32.7 Å². The molecule has 2 rings (SSSR count). The maximum atomic E-state index is 11.8. The summed E-state index contributed by atoms with van der Waals surface area (Å²) in [5.74, 6) is 0.233. The average molecular weight is 304 g/mol. The summed E-state index contributed by atoms with van der Waals surface area (Å²) in [4.78, 5) is 16.0. The van der Waals surface area contributed by atoms with Crippen molar-refractivity contribution in [1.29, 1.82) is 0 Å². The second-order valence-electron chi connectivity index (χ2n) is 6.33. The van der Waals surface area contributed by atoms with Gasteiger partial charge in [0, 0.05) is 39.1 Å². The molecule has 4 nitrogen and oxygen atoms in total. The highest BCUT2D eigenvalue weighted by Crippen LogP contribution is 2.19. The van der Waals surface area contributed by atoms with E-state index in [2.05, 4.69) is 36.9 Å². The molecular weight excluding hydrogens is 276 g/mol. The minimum atomic E-state index is -0.466. The van der Waals surface area contributed by atoms with Crippen molar-refractivity contribution in [2.24, 2.45) is 0 Å². The van der Waals surface area contributed by atoms with Gasteiger partial charge in [-0.25, -0.2) is 0 Å². The summed E-state index contributed by atoms with van der Waals surface area (Å²) in [6, 6.07) is 6.24. The number of rotatable bonds is 4. The molecule has 122 valence electrons. The number of amides is 1. The summed E-state index contributed by atoms with van der Waals surface area (Å²) in [5.41, 5.74) is 3.36. The molecule has 1 fully saturated rings. The van der Waals surface area contributed by atoms with Crippen LogP contribution in [-0.2, 0) is 4.79 Å². The largest absolute Gasteiger partial charge is 0.387 e. The second kappa shape index (κ2) is 7.75. The zero-order valence-electron chi connectivity index (χ0n) is 14.0. The minimum Gasteiger partial charge on any atom is -0.387 e. The predicted octanol–water partition coefficient (Wildman–Crippen LogP) is 2.28. The van der Waals surface area contributed by atoms with E-state index in [9.17, 15) is 9.90 Å². The lowest BCUT2D eigenvalue weighted by atomic mass is 10.0. The lowest BCUT2D eigenvalue weighted by Crippen LogP contribution is -2.36. The van der Waals surface area contributed by atoms with E-state index in [1.807, 2.05) is 11.8 Å². The number of aliphatic hydroxyl groups excluding tert-OH is 1. The third kappa shape index (κ3) is 4.55. The first-order valence-electron chi connectivity index (χ1n) is 8.26. The molecule has 0 bridgehead atoms.